The molecule has 0 fully saturated rings. The summed E-state index contributed by atoms with van der Waals surface area (Å²) >= 11 is 0. The quantitative estimate of drug-likeness (QED) is 0.429. The van der Waals surface area contributed by atoms with Gasteiger partial charge in [0.25, 0.3) is 0 Å². The van der Waals surface area contributed by atoms with E-state index >= 15 is 0 Å². The van der Waals surface area contributed by atoms with E-state index < -0.39 is 0 Å². The average molecular weight is 292 g/mol. The van der Waals surface area contributed by atoms with Crippen LogP contribution in [-0.2, 0) is 0 Å². The van der Waals surface area contributed by atoms with Crippen LogP contribution in [0.3, 0.4) is 0 Å². The fourth-order valence-corrected chi connectivity index (χ4v) is 0.889. The second kappa shape index (κ2) is 16.0. The monoisotopic (exact) mass is 292 g/mol. The Morgan fingerprint density at radius 1 is 0.696 bits per heavy atom. The molecule has 1 N–H and O–H groups in total. The number of hydrogen-bond acceptors (Lipinski definition) is 1. The van der Waals surface area contributed by atoms with Gasteiger partial charge in [0.2, 0.25) is 0 Å². The van der Waals surface area contributed by atoms with Gasteiger partial charge >= 0.3 is 0 Å². The molecule has 0 aliphatic heterocycles. The largest absolute Gasteiger partial charge is 0.376 e. The van der Waals surface area contributed by atoms with Crippen LogP contribution >= 0.6 is 0 Å². The Kier molecular flexibility index (Phi) is 13.2. The van der Waals surface area contributed by atoms with E-state index in [0.717, 1.165) is 5.84 Å². The van der Waals surface area contributed by atoms with Gasteiger partial charge in [0.15, 0.2) is 0 Å². The van der Waals surface area contributed by atoms with Gasteiger partial charge in [-0.25, -0.2) is 0 Å². The molecule has 0 spiro atoms. The van der Waals surface area contributed by atoms with Crippen LogP contribution in [0.1, 0.15) is 13.3 Å². The van der Waals surface area contributed by atoms with Crippen molar-refractivity contribution in [2.24, 2.45) is 4.99 Å². The third-order valence-corrected chi connectivity index (χ3v) is 1.84. The number of hydrogen-bond donors (Lipinski definition) is 1. The zero-order valence-electron chi connectivity index (χ0n) is 13.2. The maximum absolute atomic E-state index is 3.99. The van der Waals surface area contributed by atoms with Crippen LogP contribution in [0, 0.1) is 94.7 Å². The summed E-state index contributed by atoms with van der Waals surface area (Å²) in [6, 6.07) is 0. The van der Waals surface area contributed by atoms with Crippen molar-refractivity contribution in [1.29, 1.82) is 0 Å². The van der Waals surface area contributed by atoms with Crippen molar-refractivity contribution in [2.75, 3.05) is 14.1 Å². The standard InChI is InChI=1S/C21H12N2/c1-4-5-6-7-8-9-10-11-12-13-14-15-16-17-18-19-20-21(22-2)23-3/h20H2,1-3H3,(H,22,23). The molecular formula is C21H12N2. The van der Waals surface area contributed by atoms with E-state index in [1.807, 2.05) is 0 Å². The van der Waals surface area contributed by atoms with Gasteiger partial charge in [0.1, 0.15) is 5.84 Å². The van der Waals surface area contributed by atoms with Crippen molar-refractivity contribution in [2.45, 2.75) is 13.3 Å². The van der Waals surface area contributed by atoms with E-state index in [4.69, 9.17) is 0 Å². The van der Waals surface area contributed by atoms with E-state index in [2.05, 4.69) is 105 Å². The molecular weight excluding hydrogens is 280 g/mol. The molecule has 23 heavy (non-hydrogen) atoms. The second-order valence-corrected chi connectivity index (χ2v) is 3.27. The highest BCUT2D eigenvalue weighted by molar-refractivity contribution is 5.84. The van der Waals surface area contributed by atoms with Crippen LogP contribution in [0.4, 0.5) is 0 Å². The molecule has 0 saturated heterocycles. The summed E-state index contributed by atoms with van der Waals surface area (Å²) in [4.78, 5) is 3.99. The normalized spacial score (nSPS) is 6.30. The third kappa shape index (κ3) is 14.2. The van der Waals surface area contributed by atoms with Crippen LogP contribution in [0.15, 0.2) is 4.99 Å². The number of rotatable bonds is 1. The molecule has 0 unspecified atom stereocenters. The van der Waals surface area contributed by atoms with Gasteiger partial charge < -0.3 is 5.32 Å². The average Bonchev–Trinajstić information content (AvgIpc) is 2.58. The smallest absolute Gasteiger partial charge is 0.108 e. The highest BCUT2D eigenvalue weighted by atomic mass is 14.9. The molecule has 0 radical (unpaired) electrons. The Hall–Kier alpha value is -4.05. The first-order chi connectivity index (χ1) is 11.3. The van der Waals surface area contributed by atoms with Gasteiger partial charge in [0.05, 0.1) is 6.42 Å². The first-order valence-corrected chi connectivity index (χ1v) is 6.38. The highest BCUT2D eigenvalue weighted by Crippen LogP contribution is 1.77. The fourth-order valence-electron chi connectivity index (χ4n) is 0.889. The highest BCUT2D eigenvalue weighted by Gasteiger charge is 1.86. The summed E-state index contributed by atoms with van der Waals surface area (Å²) in [6.07, 6.45) is 0.529. The molecule has 0 heterocycles. The van der Waals surface area contributed by atoms with Crippen molar-refractivity contribution in [3.8, 4) is 94.7 Å². The van der Waals surface area contributed by atoms with Gasteiger partial charge in [-0.15, -0.1) is 0 Å². The lowest BCUT2D eigenvalue weighted by atomic mass is 10.4. The maximum Gasteiger partial charge on any atom is 0.108 e. The van der Waals surface area contributed by atoms with Crippen LogP contribution in [0.2, 0.25) is 0 Å². The summed E-state index contributed by atoms with van der Waals surface area (Å²) < 4.78 is 0. The third-order valence-electron chi connectivity index (χ3n) is 1.84. The van der Waals surface area contributed by atoms with E-state index in [1.54, 1.807) is 21.0 Å². The fraction of sp³-hybridized carbons (Fsp3) is 0.190. The van der Waals surface area contributed by atoms with Gasteiger partial charge in [0, 0.05) is 14.1 Å². The van der Waals surface area contributed by atoms with Gasteiger partial charge in [-0.3, -0.25) is 4.99 Å². The Morgan fingerprint density at radius 2 is 1.09 bits per heavy atom. The van der Waals surface area contributed by atoms with Crippen LogP contribution in [0.25, 0.3) is 0 Å². The summed E-state index contributed by atoms with van der Waals surface area (Å²) in [7, 11) is 3.50. The lowest BCUT2D eigenvalue weighted by Crippen LogP contribution is -2.16. The molecule has 106 valence electrons. The Labute approximate surface area is 138 Å². The Bertz CT molecular complexity index is 932. The van der Waals surface area contributed by atoms with Crippen LogP contribution in [-0.4, -0.2) is 19.9 Å². The Balaban J connectivity index is 4.33. The summed E-state index contributed by atoms with van der Waals surface area (Å²) in [5.41, 5.74) is 0. The van der Waals surface area contributed by atoms with Crippen molar-refractivity contribution >= 4 is 5.84 Å². The maximum atomic E-state index is 3.99. The number of amidine groups is 1. The number of nitrogens with one attached hydrogen (secondary N) is 1. The SMILES string of the molecule is CC#CC#CC#CC#CC#CC#CC#CC#CCC(=NC)NC. The summed E-state index contributed by atoms with van der Waals surface area (Å²) in [5, 5.41) is 2.92. The predicted molar refractivity (Wildman–Crippen MR) is 94.9 cm³/mol. The molecule has 0 bridgehead atoms. The lowest BCUT2D eigenvalue weighted by molar-refractivity contribution is 1.11. The zero-order valence-corrected chi connectivity index (χ0v) is 13.2. The molecule has 2 nitrogen and oxygen atoms in total. The minimum atomic E-state index is 0.529. The van der Waals surface area contributed by atoms with E-state index in [-0.39, 0.29) is 0 Å². The second-order valence-electron chi connectivity index (χ2n) is 3.27. The first-order valence-electron chi connectivity index (χ1n) is 6.38. The van der Waals surface area contributed by atoms with E-state index in [1.165, 1.54) is 0 Å². The lowest BCUT2D eigenvalue weighted by Gasteiger charge is -1.96. The number of nitrogens with zero attached hydrogens (tertiary/aromatic N) is 1. The minimum Gasteiger partial charge on any atom is -0.376 e. The molecule has 0 rings (SSSR count). The predicted octanol–water partition coefficient (Wildman–Crippen LogP) is 0.671. The molecule has 0 aromatic heterocycles. The number of aliphatic imine (C=N–C) groups is 1. The van der Waals surface area contributed by atoms with Crippen molar-refractivity contribution < 1.29 is 0 Å². The van der Waals surface area contributed by atoms with Gasteiger partial charge in [-0.05, 0) is 89.8 Å². The van der Waals surface area contributed by atoms with Crippen LogP contribution in [0.5, 0.6) is 0 Å². The first kappa shape index (κ1) is 18.9. The molecule has 0 aliphatic rings. The molecule has 0 aromatic carbocycles. The van der Waals surface area contributed by atoms with Crippen LogP contribution < -0.4 is 5.32 Å². The Morgan fingerprint density at radius 3 is 1.43 bits per heavy atom. The van der Waals surface area contributed by atoms with Crippen molar-refractivity contribution in [1.82, 2.24) is 5.32 Å². The molecule has 0 aromatic rings. The summed E-state index contributed by atoms with van der Waals surface area (Å²) in [6.45, 7) is 1.70. The molecule has 0 atom stereocenters. The molecule has 0 saturated carbocycles. The van der Waals surface area contributed by atoms with E-state index in [0.29, 0.717) is 6.42 Å². The minimum absolute atomic E-state index is 0.529. The molecule has 0 aliphatic carbocycles. The van der Waals surface area contributed by atoms with Crippen molar-refractivity contribution in [3.05, 3.63) is 0 Å². The molecule has 2 heteroatoms. The molecule has 0 amide bonds. The zero-order chi connectivity index (χ0) is 17.0. The van der Waals surface area contributed by atoms with E-state index in [9.17, 15) is 0 Å². The van der Waals surface area contributed by atoms with Gasteiger partial charge in [-0.2, -0.15) is 0 Å². The topological polar surface area (TPSA) is 24.4 Å². The van der Waals surface area contributed by atoms with Crippen molar-refractivity contribution in [3.63, 3.8) is 0 Å². The summed E-state index contributed by atoms with van der Waals surface area (Å²) in [5.74, 6) is 42.0. The van der Waals surface area contributed by atoms with Gasteiger partial charge in [-0.1, -0.05) is 11.8 Å².